The average Bonchev–Trinajstić information content (AvgIpc) is 2.69. The van der Waals surface area contributed by atoms with Gasteiger partial charge in [0.2, 0.25) is 0 Å². The summed E-state index contributed by atoms with van der Waals surface area (Å²) in [5, 5.41) is 5.32. The van der Waals surface area contributed by atoms with Gasteiger partial charge in [-0.3, -0.25) is 9.59 Å². The van der Waals surface area contributed by atoms with E-state index in [0.29, 0.717) is 0 Å². The molecular weight excluding hydrogens is 366 g/mol. The number of pyridine rings is 1. The summed E-state index contributed by atoms with van der Waals surface area (Å²) in [6, 6.07) is 4.07. The second-order valence-electron chi connectivity index (χ2n) is 6.31. The zero-order valence-electron chi connectivity index (χ0n) is 16.6. The van der Waals surface area contributed by atoms with Crippen LogP contribution in [0.5, 0.6) is 0 Å². The van der Waals surface area contributed by atoms with Crippen LogP contribution in [0.3, 0.4) is 0 Å². The molecule has 9 heteroatoms. The van der Waals surface area contributed by atoms with Crippen LogP contribution in [0.15, 0.2) is 18.2 Å². The van der Waals surface area contributed by atoms with E-state index >= 15 is 0 Å². The molecule has 154 valence electrons. The largest absolute Gasteiger partial charge is 0.451 e. The van der Waals surface area contributed by atoms with Crippen LogP contribution in [0.4, 0.5) is 0 Å². The highest BCUT2D eigenvalue weighted by Crippen LogP contribution is 2.04. The van der Waals surface area contributed by atoms with E-state index in [1.807, 2.05) is 27.7 Å². The first kappa shape index (κ1) is 23.1. The van der Waals surface area contributed by atoms with Crippen molar-refractivity contribution in [2.24, 2.45) is 0 Å². The number of hydrogen-bond donors (Lipinski definition) is 2. The van der Waals surface area contributed by atoms with Gasteiger partial charge >= 0.3 is 11.9 Å². The molecule has 0 unspecified atom stereocenters. The Morgan fingerprint density at radius 1 is 0.857 bits per heavy atom. The number of aromatic nitrogens is 1. The van der Waals surface area contributed by atoms with E-state index in [-0.39, 0.29) is 23.5 Å². The van der Waals surface area contributed by atoms with Gasteiger partial charge in [-0.1, -0.05) is 19.9 Å². The molecule has 0 saturated heterocycles. The van der Waals surface area contributed by atoms with Crippen molar-refractivity contribution in [1.29, 1.82) is 0 Å². The molecule has 28 heavy (non-hydrogen) atoms. The molecule has 0 saturated carbocycles. The van der Waals surface area contributed by atoms with Crippen molar-refractivity contribution >= 4 is 23.8 Å². The van der Waals surface area contributed by atoms with E-state index in [9.17, 15) is 19.2 Å². The van der Waals surface area contributed by atoms with Crippen molar-refractivity contribution < 1.29 is 28.7 Å². The van der Waals surface area contributed by atoms with Gasteiger partial charge in [0.25, 0.3) is 11.8 Å². The van der Waals surface area contributed by atoms with Crippen LogP contribution < -0.4 is 10.6 Å². The number of rotatable bonds is 10. The molecule has 2 amide bonds. The third-order valence-corrected chi connectivity index (χ3v) is 3.88. The third kappa shape index (κ3) is 8.15. The predicted molar refractivity (Wildman–Crippen MR) is 101 cm³/mol. The number of ether oxygens (including phenoxy) is 2. The molecule has 1 aromatic rings. The van der Waals surface area contributed by atoms with Gasteiger partial charge in [0.1, 0.15) is 11.4 Å². The van der Waals surface area contributed by atoms with Crippen LogP contribution in [-0.2, 0) is 19.1 Å². The zero-order valence-corrected chi connectivity index (χ0v) is 16.6. The maximum absolute atomic E-state index is 12.0. The minimum absolute atomic E-state index is 0.0278. The van der Waals surface area contributed by atoms with Crippen LogP contribution in [0, 0.1) is 0 Å². The average molecular weight is 393 g/mol. The van der Waals surface area contributed by atoms with Crippen LogP contribution in [0.1, 0.15) is 61.5 Å². The molecule has 1 heterocycles. The Balaban J connectivity index is 2.58. The van der Waals surface area contributed by atoms with Gasteiger partial charge in [-0.15, -0.1) is 0 Å². The molecule has 0 aromatic carbocycles. The standard InChI is InChI=1S/C19H27N3O6/c1-5-12(3)20-16(23)10-27-18(25)14-8-7-9-15(22-14)19(26)28-11-17(24)21-13(4)6-2/h7-9,12-13H,5-6,10-11H2,1-4H3,(H,20,23)(H,21,24)/t12-,13-/m1/s1. The fraction of sp³-hybridized carbons (Fsp3) is 0.526. The molecule has 0 aliphatic carbocycles. The molecule has 0 fully saturated rings. The Kier molecular flexibility index (Phi) is 9.63. The summed E-state index contributed by atoms with van der Waals surface area (Å²) >= 11 is 0. The molecule has 1 aromatic heterocycles. The fourth-order valence-electron chi connectivity index (χ4n) is 1.91. The van der Waals surface area contributed by atoms with Crippen molar-refractivity contribution in [3.05, 3.63) is 29.6 Å². The summed E-state index contributed by atoms with van der Waals surface area (Å²) < 4.78 is 9.79. The van der Waals surface area contributed by atoms with Crippen molar-refractivity contribution in [3.8, 4) is 0 Å². The van der Waals surface area contributed by atoms with E-state index in [0.717, 1.165) is 12.8 Å². The lowest BCUT2D eigenvalue weighted by molar-refractivity contribution is -0.125. The van der Waals surface area contributed by atoms with Gasteiger partial charge in [0.05, 0.1) is 0 Å². The minimum atomic E-state index is -0.844. The van der Waals surface area contributed by atoms with E-state index < -0.39 is 37.0 Å². The summed E-state index contributed by atoms with van der Waals surface area (Å²) in [7, 11) is 0. The Labute approximate surface area is 164 Å². The summed E-state index contributed by atoms with van der Waals surface area (Å²) in [6.45, 7) is 6.60. The van der Waals surface area contributed by atoms with E-state index in [1.165, 1.54) is 18.2 Å². The summed E-state index contributed by atoms with van der Waals surface area (Å²) in [4.78, 5) is 51.2. The van der Waals surface area contributed by atoms with Gasteiger partial charge in [-0.2, -0.15) is 0 Å². The molecular formula is C19H27N3O6. The number of amides is 2. The van der Waals surface area contributed by atoms with E-state index in [1.54, 1.807) is 0 Å². The number of nitrogens with zero attached hydrogens (tertiary/aromatic N) is 1. The van der Waals surface area contributed by atoms with Crippen LogP contribution in [0.25, 0.3) is 0 Å². The van der Waals surface area contributed by atoms with Crippen molar-refractivity contribution in [1.82, 2.24) is 15.6 Å². The molecule has 2 N–H and O–H groups in total. The van der Waals surface area contributed by atoms with Crippen molar-refractivity contribution in [2.75, 3.05) is 13.2 Å². The SMILES string of the molecule is CC[C@@H](C)NC(=O)COC(=O)c1cccc(C(=O)OCC(=O)N[C@H](C)CC)n1. The predicted octanol–water partition coefficient (Wildman–Crippen LogP) is 1.22. The van der Waals surface area contributed by atoms with E-state index in [4.69, 9.17) is 9.47 Å². The molecule has 0 radical (unpaired) electrons. The topological polar surface area (TPSA) is 124 Å². The zero-order chi connectivity index (χ0) is 21.1. The van der Waals surface area contributed by atoms with Gasteiger partial charge < -0.3 is 20.1 Å². The molecule has 2 atom stereocenters. The first-order valence-electron chi connectivity index (χ1n) is 9.16. The lowest BCUT2D eigenvalue weighted by atomic mass is 10.2. The second-order valence-corrected chi connectivity index (χ2v) is 6.31. The van der Waals surface area contributed by atoms with Gasteiger partial charge in [-0.25, -0.2) is 14.6 Å². The Morgan fingerprint density at radius 2 is 1.25 bits per heavy atom. The molecule has 1 rings (SSSR count). The van der Waals surface area contributed by atoms with Crippen LogP contribution in [0.2, 0.25) is 0 Å². The summed E-state index contributed by atoms with van der Waals surface area (Å²) in [5.41, 5.74) is -0.287. The van der Waals surface area contributed by atoms with Crippen molar-refractivity contribution in [2.45, 2.75) is 52.6 Å². The fourth-order valence-corrected chi connectivity index (χ4v) is 1.91. The molecule has 0 aliphatic rings. The maximum Gasteiger partial charge on any atom is 0.357 e. The molecule has 0 aliphatic heterocycles. The third-order valence-electron chi connectivity index (χ3n) is 3.88. The first-order chi connectivity index (χ1) is 13.3. The number of nitrogens with one attached hydrogen (secondary N) is 2. The monoisotopic (exact) mass is 393 g/mol. The molecule has 0 bridgehead atoms. The smallest absolute Gasteiger partial charge is 0.357 e. The number of carbonyl (C=O) groups excluding carboxylic acids is 4. The Hall–Kier alpha value is -2.97. The quantitative estimate of drug-likeness (QED) is 0.573. The number of hydrogen-bond acceptors (Lipinski definition) is 7. The Bertz CT molecular complexity index is 651. The highest BCUT2D eigenvalue weighted by Gasteiger charge is 2.17. The van der Waals surface area contributed by atoms with E-state index in [2.05, 4.69) is 15.6 Å². The normalized spacial score (nSPS) is 12.4. The van der Waals surface area contributed by atoms with Crippen LogP contribution >= 0.6 is 0 Å². The minimum Gasteiger partial charge on any atom is -0.451 e. The first-order valence-corrected chi connectivity index (χ1v) is 9.16. The summed E-state index contributed by atoms with van der Waals surface area (Å²) in [6.07, 6.45) is 1.50. The molecule has 0 spiro atoms. The van der Waals surface area contributed by atoms with Crippen molar-refractivity contribution in [3.63, 3.8) is 0 Å². The van der Waals surface area contributed by atoms with Gasteiger partial charge in [-0.05, 0) is 38.8 Å². The lowest BCUT2D eigenvalue weighted by Gasteiger charge is -2.12. The molecule has 9 nitrogen and oxygen atoms in total. The number of esters is 2. The second kappa shape index (κ2) is 11.7. The maximum atomic E-state index is 12.0. The Morgan fingerprint density at radius 3 is 1.61 bits per heavy atom. The summed E-state index contributed by atoms with van der Waals surface area (Å²) in [5.74, 6) is -2.54. The van der Waals surface area contributed by atoms with Gasteiger partial charge in [0, 0.05) is 12.1 Å². The highest BCUT2D eigenvalue weighted by molar-refractivity contribution is 5.93. The lowest BCUT2D eigenvalue weighted by Crippen LogP contribution is -2.35. The van der Waals surface area contributed by atoms with Gasteiger partial charge in [0.15, 0.2) is 13.2 Å². The van der Waals surface area contributed by atoms with Crippen LogP contribution in [-0.4, -0.2) is 54.0 Å². The highest BCUT2D eigenvalue weighted by atomic mass is 16.5. The number of carbonyl (C=O) groups is 4.